The fourth-order valence-electron chi connectivity index (χ4n) is 7.82. The topological polar surface area (TPSA) is 25.2 Å². The Bertz CT molecular complexity index is 1660. The second kappa shape index (κ2) is 13.6. The van der Waals surface area contributed by atoms with Crippen molar-refractivity contribution in [2.45, 2.75) is 123 Å². The van der Waals surface area contributed by atoms with Crippen molar-refractivity contribution in [3.05, 3.63) is 104 Å². The summed E-state index contributed by atoms with van der Waals surface area (Å²) in [5, 5.41) is 15.0. The molecule has 0 fully saturated rings. The van der Waals surface area contributed by atoms with Crippen LogP contribution in [-0.2, 0) is 42.6 Å². The molecule has 1 aliphatic rings. The van der Waals surface area contributed by atoms with Crippen LogP contribution in [0, 0.1) is 25.7 Å². The Morgan fingerprint density at radius 1 is 0.745 bits per heavy atom. The number of rotatable bonds is 4. The molecule has 1 N–H and O–H groups in total. The summed E-state index contributed by atoms with van der Waals surface area (Å²) in [6.45, 7) is 27.4. The van der Waals surface area contributed by atoms with Gasteiger partial charge < -0.3 is 24.5 Å². The van der Waals surface area contributed by atoms with E-state index in [-0.39, 0.29) is 62.7 Å². The second-order valence-electron chi connectivity index (χ2n) is 17.7. The fourth-order valence-corrected chi connectivity index (χ4v) is 8.27. The minimum absolute atomic E-state index is 0. The van der Waals surface area contributed by atoms with Crippen LogP contribution in [0.3, 0.4) is 0 Å². The largest absolute Gasteiger partial charge is 2.00 e. The predicted octanol–water partition coefficient (Wildman–Crippen LogP) is 12.3. The summed E-state index contributed by atoms with van der Waals surface area (Å²) in [5.41, 5.74) is 5.99. The summed E-state index contributed by atoms with van der Waals surface area (Å²) in [7, 11) is 0. The summed E-state index contributed by atoms with van der Waals surface area (Å²) < 4.78 is 2.43. The van der Waals surface area contributed by atoms with E-state index >= 15 is 0 Å². The zero-order chi connectivity index (χ0) is 32.7. The summed E-state index contributed by atoms with van der Waals surface area (Å²) in [5.74, 6) is 0. The maximum absolute atomic E-state index is 12.6. The zero-order valence-corrected chi connectivity index (χ0v) is 34.9. The monoisotopic (exact) mass is 731 g/mol. The standard InChI is InChI=1S/C41H54ClNO.2CH3.Zr/c1-36(2,3)25-39(10,11)41(42)24-32(27-16-14-13-15-17-27)35(44)40(12,26-41)43-33-20-18-28(37(4,5)6)22-30(33)31-23-29(38(7,8)9)19-21-34(31)43;;;/h13-24,35,44H,25-26H2,1-12H3;2*1H3;/q;2*-1;+2. The smallest absolute Gasteiger partial charge is 0.386 e. The number of nitrogens with zero attached hydrogens (tertiary/aromatic N) is 1. The van der Waals surface area contributed by atoms with Gasteiger partial charge in [0.1, 0.15) is 6.10 Å². The Labute approximate surface area is 311 Å². The van der Waals surface area contributed by atoms with Crippen LogP contribution in [0.4, 0.5) is 0 Å². The number of aliphatic hydroxyl groups excluding tert-OH is 1. The van der Waals surface area contributed by atoms with Gasteiger partial charge in [-0.2, -0.15) is 0 Å². The molecule has 1 aromatic heterocycles. The van der Waals surface area contributed by atoms with E-state index in [0.717, 1.165) is 28.6 Å². The van der Waals surface area contributed by atoms with Crippen LogP contribution in [0.2, 0.25) is 0 Å². The van der Waals surface area contributed by atoms with E-state index in [1.807, 2.05) is 18.2 Å². The van der Waals surface area contributed by atoms with Crippen LogP contribution < -0.4 is 0 Å². The number of alkyl halides is 1. The molecule has 4 aromatic rings. The number of aromatic nitrogens is 1. The van der Waals surface area contributed by atoms with Crippen molar-refractivity contribution >= 4 is 39.0 Å². The molecule has 2 nitrogen and oxygen atoms in total. The van der Waals surface area contributed by atoms with Crippen molar-refractivity contribution in [3.63, 3.8) is 0 Å². The molecule has 1 aliphatic carbocycles. The van der Waals surface area contributed by atoms with Gasteiger partial charge in [-0.15, -0.1) is 11.6 Å². The predicted molar refractivity (Wildman–Crippen MR) is 205 cm³/mol. The number of fused-ring (bicyclic) bond motifs is 3. The average molecular weight is 734 g/mol. The minimum atomic E-state index is -0.759. The molecular weight excluding hydrogens is 673 g/mol. The van der Waals surface area contributed by atoms with Crippen LogP contribution >= 0.6 is 11.6 Å². The maximum Gasteiger partial charge on any atom is 2.00 e. The van der Waals surface area contributed by atoms with E-state index in [4.69, 9.17) is 11.6 Å². The molecule has 3 aromatic carbocycles. The van der Waals surface area contributed by atoms with Gasteiger partial charge in [-0.1, -0.05) is 125 Å². The normalized spacial score (nSPS) is 22.3. The van der Waals surface area contributed by atoms with E-state index in [1.54, 1.807) is 0 Å². The molecule has 254 valence electrons. The Kier molecular flexibility index (Phi) is 12.0. The van der Waals surface area contributed by atoms with Crippen molar-refractivity contribution < 1.29 is 31.3 Å². The van der Waals surface area contributed by atoms with Gasteiger partial charge in [0.05, 0.1) is 10.4 Å². The summed E-state index contributed by atoms with van der Waals surface area (Å²) in [6, 6.07) is 24.2. The second-order valence-corrected chi connectivity index (χ2v) is 18.4. The number of halogens is 1. The molecule has 47 heavy (non-hydrogen) atoms. The quantitative estimate of drug-likeness (QED) is 0.164. The molecular formula is C43H60ClNOZr. The van der Waals surface area contributed by atoms with Crippen LogP contribution in [0.5, 0.6) is 0 Å². The number of benzene rings is 3. The Morgan fingerprint density at radius 3 is 1.60 bits per heavy atom. The molecule has 3 unspecified atom stereocenters. The van der Waals surface area contributed by atoms with Crippen LogP contribution in [0.25, 0.3) is 27.4 Å². The Balaban J connectivity index is 0.00000256. The summed E-state index contributed by atoms with van der Waals surface area (Å²) >= 11 is 7.96. The molecule has 0 spiro atoms. The molecule has 0 amide bonds. The summed E-state index contributed by atoms with van der Waals surface area (Å²) in [6.07, 6.45) is 2.99. The van der Waals surface area contributed by atoms with E-state index in [0.29, 0.717) is 6.42 Å². The van der Waals surface area contributed by atoms with Gasteiger partial charge in [0.15, 0.2) is 0 Å². The van der Waals surface area contributed by atoms with Crippen LogP contribution in [-0.4, -0.2) is 20.7 Å². The van der Waals surface area contributed by atoms with E-state index in [1.165, 1.54) is 21.9 Å². The van der Waals surface area contributed by atoms with Crippen molar-refractivity contribution in [2.24, 2.45) is 10.8 Å². The van der Waals surface area contributed by atoms with E-state index < -0.39 is 16.5 Å². The van der Waals surface area contributed by atoms with E-state index in [2.05, 4.69) is 142 Å². The average Bonchev–Trinajstić information content (AvgIpc) is 3.23. The first-order valence-electron chi connectivity index (χ1n) is 16.3. The molecule has 3 atom stereocenters. The first-order valence-corrected chi connectivity index (χ1v) is 16.7. The fraction of sp³-hybridized carbons (Fsp3) is 0.488. The van der Waals surface area contributed by atoms with Crippen molar-refractivity contribution in [1.82, 2.24) is 4.57 Å². The van der Waals surface area contributed by atoms with Crippen LogP contribution in [0.1, 0.15) is 113 Å². The Hall–Kier alpha value is -1.67. The van der Waals surface area contributed by atoms with Crippen molar-refractivity contribution in [2.75, 3.05) is 0 Å². The zero-order valence-electron chi connectivity index (χ0n) is 31.7. The molecule has 4 heteroatoms. The van der Waals surface area contributed by atoms with Gasteiger partial charge >= 0.3 is 26.2 Å². The molecule has 0 saturated carbocycles. The third-order valence-electron chi connectivity index (χ3n) is 10.1. The molecule has 0 radical (unpaired) electrons. The SMILES string of the molecule is CC(C)(C)CC(C)(C)C1(Cl)C=C(c2ccccc2)C(O)C(C)(n2c3ccc(C(C)(C)C)cc3c3cc(C(C)(C)C)ccc32)C1.[CH3-].[CH3-].[Zr+2]. The number of hydrogen-bond donors (Lipinski definition) is 1. The van der Waals surface area contributed by atoms with Crippen molar-refractivity contribution in [3.8, 4) is 0 Å². The third kappa shape index (κ3) is 7.59. The minimum Gasteiger partial charge on any atom is -0.386 e. The number of aliphatic hydroxyl groups is 1. The Morgan fingerprint density at radius 2 is 1.19 bits per heavy atom. The first-order chi connectivity index (χ1) is 20.1. The number of hydrogen-bond acceptors (Lipinski definition) is 1. The number of allylic oxidation sites excluding steroid dienone is 1. The van der Waals surface area contributed by atoms with Gasteiger partial charge in [-0.05, 0) is 88.0 Å². The van der Waals surface area contributed by atoms with E-state index in [9.17, 15) is 5.11 Å². The molecule has 0 aliphatic heterocycles. The van der Waals surface area contributed by atoms with Gasteiger partial charge in [0, 0.05) is 21.8 Å². The van der Waals surface area contributed by atoms with Gasteiger partial charge in [0.25, 0.3) is 0 Å². The van der Waals surface area contributed by atoms with Crippen molar-refractivity contribution in [1.29, 1.82) is 0 Å². The maximum atomic E-state index is 12.6. The van der Waals surface area contributed by atoms with Gasteiger partial charge in [-0.25, -0.2) is 0 Å². The summed E-state index contributed by atoms with van der Waals surface area (Å²) in [4.78, 5) is -0.695. The molecule has 0 saturated heterocycles. The van der Waals surface area contributed by atoms with Crippen LogP contribution in [0.15, 0.2) is 72.8 Å². The van der Waals surface area contributed by atoms with Gasteiger partial charge in [0.2, 0.25) is 0 Å². The first kappa shape index (κ1) is 41.5. The molecule has 5 rings (SSSR count). The third-order valence-corrected chi connectivity index (χ3v) is 10.8. The molecule has 0 bridgehead atoms. The molecule has 1 heterocycles. The van der Waals surface area contributed by atoms with Gasteiger partial charge in [-0.3, -0.25) is 0 Å².